The van der Waals surface area contributed by atoms with E-state index in [2.05, 4.69) is 66.3 Å². The van der Waals surface area contributed by atoms with Gasteiger partial charge in [0.2, 0.25) is 11.8 Å². The van der Waals surface area contributed by atoms with E-state index in [-0.39, 0.29) is 31.5 Å². The number of halogens is 26. The summed E-state index contributed by atoms with van der Waals surface area (Å²) in [5.74, 6) is -93.2. The highest BCUT2D eigenvalue weighted by atomic mass is 19.4. The van der Waals surface area contributed by atoms with Gasteiger partial charge in [-0.3, -0.25) is 38.4 Å². The Labute approximate surface area is 778 Å². The van der Waals surface area contributed by atoms with E-state index in [9.17, 15) is 191 Å². The van der Waals surface area contributed by atoms with Crippen LogP contribution in [0.5, 0.6) is 0 Å². The lowest BCUT2D eigenvalue weighted by Gasteiger charge is -2.52. The highest BCUT2D eigenvalue weighted by Gasteiger charge is 3.03. The predicted molar refractivity (Wildman–Crippen MR) is 414 cm³/mol. The molecule has 0 bridgehead atoms. The van der Waals surface area contributed by atoms with E-state index in [0.717, 1.165) is 0 Å². The molecular formula is C81H112F26O32. The van der Waals surface area contributed by atoms with Crippen molar-refractivity contribution in [3.8, 4) is 0 Å². The van der Waals surface area contributed by atoms with Crippen molar-refractivity contribution in [2.24, 2.45) is 34.0 Å². The van der Waals surface area contributed by atoms with Gasteiger partial charge in [0.25, 0.3) is 11.3 Å². The molecule has 0 N–H and O–H groups in total. The van der Waals surface area contributed by atoms with E-state index in [4.69, 9.17) is 9.47 Å². The van der Waals surface area contributed by atoms with Gasteiger partial charge in [0.15, 0.2) is 52.9 Å². The van der Waals surface area contributed by atoms with Gasteiger partial charge in [0, 0.05) is 12.8 Å². The van der Waals surface area contributed by atoms with Crippen LogP contribution in [-0.2, 0) is 153 Å². The molecule has 810 valence electrons. The zero-order valence-corrected chi connectivity index (χ0v) is 78.5. The Morgan fingerprint density at radius 2 is 0.424 bits per heavy atom. The van der Waals surface area contributed by atoms with Crippen molar-refractivity contribution >= 4 is 95.5 Å². The van der Waals surface area contributed by atoms with Gasteiger partial charge in [-0.1, -0.05) is 62.3 Å². The van der Waals surface area contributed by atoms with Crippen LogP contribution in [0.15, 0.2) is 0 Å². The van der Waals surface area contributed by atoms with E-state index in [0.29, 0.717) is 46.0 Å². The van der Waals surface area contributed by atoms with Crippen molar-refractivity contribution in [1.29, 1.82) is 0 Å². The highest BCUT2D eigenvalue weighted by molar-refractivity contribution is 5.84. The Bertz CT molecular complexity index is 3960. The van der Waals surface area contributed by atoms with Gasteiger partial charge in [0.1, 0.15) is 26.4 Å². The maximum Gasteiger partial charge on any atom is 0.384 e. The van der Waals surface area contributed by atoms with Crippen LogP contribution >= 0.6 is 0 Å². The lowest BCUT2D eigenvalue weighted by molar-refractivity contribution is -0.487. The van der Waals surface area contributed by atoms with Crippen LogP contribution in [0.1, 0.15) is 196 Å². The van der Waals surface area contributed by atoms with Gasteiger partial charge >= 0.3 is 155 Å². The molecule has 0 aromatic rings. The fourth-order valence-corrected chi connectivity index (χ4v) is 8.26. The van der Waals surface area contributed by atoms with Gasteiger partial charge in [-0.25, -0.2) is 64.7 Å². The summed E-state index contributed by atoms with van der Waals surface area (Å²) < 4.78 is 417. The van der Waals surface area contributed by atoms with E-state index >= 15 is 0 Å². The number of ether oxygens (including phenoxy) is 16. The highest BCUT2D eigenvalue weighted by Crippen LogP contribution is 2.71. The van der Waals surface area contributed by atoms with Crippen LogP contribution in [0, 0.1) is 34.0 Å². The second-order valence-corrected chi connectivity index (χ2v) is 31.8. The molecular weight excluding hydrogens is 1980 g/mol. The van der Waals surface area contributed by atoms with Gasteiger partial charge in [-0.2, -0.15) is 87.8 Å². The summed E-state index contributed by atoms with van der Waals surface area (Å²) >= 11 is 0. The zero-order valence-electron chi connectivity index (χ0n) is 78.5. The van der Waals surface area contributed by atoms with Crippen molar-refractivity contribution in [2.45, 2.75) is 278 Å². The first-order valence-electron chi connectivity index (χ1n) is 41.3. The molecule has 3 unspecified atom stereocenters. The number of hydrogen-bond acceptors (Lipinski definition) is 32. The fourth-order valence-electron chi connectivity index (χ4n) is 8.26. The molecule has 0 saturated heterocycles. The van der Waals surface area contributed by atoms with Gasteiger partial charge < -0.3 is 75.8 Å². The normalized spacial score (nSPS) is 17.6. The Kier molecular flexibility index (Phi) is 54.7. The molecule has 58 heteroatoms. The lowest BCUT2D eigenvalue weighted by atomic mass is 9.72. The minimum absolute atomic E-state index is 0.218. The monoisotopic (exact) mass is 2090 g/mol. The zero-order chi connectivity index (χ0) is 110. The van der Waals surface area contributed by atoms with Gasteiger partial charge in [-0.15, -0.1) is 0 Å². The van der Waals surface area contributed by atoms with E-state index in [1.807, 2.05) is 13.8 Å². The molecule has 2 aliphatic rings. The first-order valence-corrected chi connectivity index (χ1v) is 41.3. The number of alkyl halides is 26. The molecule has 2 rings (SSSR count). The number of carbonyl (C=O) groups excluding carboxylic acids is 16. The first-order chi connectivity index (χ1) is 62.8. The molecule has 0 aliphatic heterocycles. The summed E-state index contributed by atoms with van der Waals surface area (Å²) in [4.78, 5) is 180. The van der Waals surface area contributed by atoms with Crippen molar-refractivity contribution in [1.82, 2.24) is 0 Å². The first kappa shape index (κ1) is 135. The standard InChI is InChI=1S/C16H17F11O4.C15H15F11O4.C14H22F2O6.C13H20F2O6.C12H20O6.C11H18O6/c1-4-10(2,3)9(29)30-6-5-8(28)31-7-11(17)12(18,19)14(22,23)16(26,27)15(24,25)13(11,20)21;1-3-7(2)9(28)29-5-4-8(27)30-6-10(16)11(17,18)13(21,22)15(25,26)14(23,24)12(10,19)20;1-5-13(2,3)12(19)22-9-11(18)21-8-10(17)20-7-6-14(4,15)16;1-4-9(2)12(18)21-8-11(17)20-7-10(16)19-6-5-13(3,14)15;1-5-12(3,4)11(15)18-8-10(14)17-7-9(13)16-6-2;1-4-8(3)11(14)17-7-10(13)16-6-9(12)15-5-2/h4-7H2,1-3H3;7H,3-6H2,1-2H3;5-9H2,1-4H3;9H,4-8H2,1-3H3;5-8H2,1-4H3;8H,4-7H2,1-3H3. The van der Waals surface area contributed by atoms with E-state index in [1.165, 1.54) is 20.8 Å². The minimum atomic E-state index is -7.34. The molecule has 3 atom stereocenters. The third kappa shape index (κ3) is 39.3. The molecule has 32 nitrogen and oxygen atoms in total. The van der Waals surface area contributed by atoms with Crippen LogP contribution in [0.25, 0.3) is 0 Å². The number of carbonyl (C=O) groups is 16. The Balaban J connectivity index is -0.000000798. The van der Waals surface area contributed by atoms with E-state index < -0.39 is 318 Å². The van der Waals surface area contributed by atoms with Crippen LogP contribution in [0.3, 0.4) is 0 Å². The quantitative estimate of drug-likeness (QED) is 0.0310. The third-order valence-corrected chi connectivity index (χ3v) is 19.4. The summed E-state index contributed by atoms with van der Waals surface area (Å²) in [6, 6.07) is 0. The lowest BCUT2D eigenvalue weighted by Crippen LogP contribution is -2.84. The molecule has 139 heavy (non-hydrogen) atoms. The molecule has 0 aromatic carbocycles. The fraction of sp³-hybridized carbons (Fsp3) is 0.802. The van der Waals surface area contributed by atoms with Crippen molar-refractivity contribution in [2.75, 3.05) is 106 Å². The van der Waals surface area contributed by atoms with Crippen molar-refractivity contribution in [3.05, 3.63) is 0 Å². The maximum absolute atomic E-state index is 14.3. The summed E-state index contributed by atoms with van der Waals surface area (Å²) in [5.41, 5.74) is -15.2. The Morgan fingerprint density at radius 1 is 0.230 bits per heavy atom. The summed E-state index contributed by atoms with van der Waals surface area (Å²) in [5, 5.41) is 0. The van der Waals surface area contributed by atoms with Crippen LogP contribution in [0.4, 0.5) is 114 Å². The molecule has 0 heterocycles. The SMILES string of the molecule is CCC(C)(C)C(=O)OCC(=O)OCC(=O)OCCC(C)(F)F.CCC(C)(C)C(=O)OCCC(=O)OCC1(F)C(F)(F)C(F)(F)C(F)(F)C(F)(F)C1(F)F.CCC(C)C(=O)OCC(=O)OCC(=O)OCCC(C)(F)F.CCC(C)C(=O)OCCC(=O)OCC1(F)C(F)(F)C(F)(F)C(F)(F)C(F)(F)C1(F)F.CCOC(=O)COC(=O)COC(=O)C(C)(C)CC.CCOC(=O)COC(=O)COC(=O)C(C)CC. The van der Waals surface area contributed by atoms with Gasteiger partial charge in [-0.05, 0) is 108 Å². The second-order valence-electron chi connectivity index (χ2n) is 31.8. The van der Waals surface area contributed by atoms with E-state index in [1.54, 1.807) is 83.1 Å². The van der Waals surface area contributed by atoms with Gasteiger partial charge in [0.05, 0.1) is 73.3 Å². The van der Waals surface area contributed by atoms with Crippen molar-refractivity contribution in [3.63, 3.8) is 0 Å². The molecule has 0 radical (unpaired) electrons. The molecule has 0 aromatic heterocycles. The maximum atomic E-state index is 14.3. The Morgan fingerprint density at radius 3 is 0.647 bits per heavy atom. The molecule has 0 amide bonds. The second kappa shape index (κ2) is 56.4. The third-order valence-electron chi connectivity index (χ3n) is 19.4. The molecule has 2 saturated carbocycles. The van der Waals surface area contributed by atoms with Crippen LogP contribution in [0.2, 0.25) is 0 Å². The number of hydrogen-bond donors (Lipinski definition) is 0. The average molecular weight is 2090 g/mol. The smallest absolute Gasteiger partial charge is 0.384 e. The molecule has 0 spiro atoms. The summed E-state index contributed by atoms with van der Waals surface area (Å²) in [6.07, 6.45) is -0.476. The largest absolute Gasteiger partial charge is 0.465 e. The number of rotatable bonds is 46. The predicted octanol–water partition coefficient (Wildman–Crippen LogP) is 14.8. The topological polar surface area (TPSA) is 421 Å². The number of esters is 16. The Hall–Kier alpha value is -10.3. The van der Waals surface area contributed by atoms with Crippen LogP contribution < -0.4 is 0 Å². The summed E-state index contributed by atoms with van der Waals surface area (Å²) in [7, 11) is 0. The molecule has 2 aliphatic carbocycles. The summed E-state index contributed by atoms with van der Waals surface area (Å²) in [6.45, 7) is 16.6. The van der Waals surface area contributed by atoms with Crippen molar-refractivity contribution < 1.29 is 267 Å². The van der Waals surface area contributed by atoms with Crippen LogP contribution in [-0.4, -0.2) is 284 Å². The minimum Gasteiger partial charge on any atom is -0.465 e. The molecule has 2 fully saturated rings. The average Bonchev–Trinajstić information content (AvgIpc) is 0.668.